The number of para-hydroxylation sites is 1. The normalized spacial score (nSPS) is 10.5. The molecule has 0 atom stereocenters. The van der Waals surface area contributed by atoms with Crippen molar-refractivity contribution in [2.24, 2.45) is 5.84 Å². The van der Waals surface area contributed by atoms with Gasteiger partial charge in [0.25, 0.3) is 5.91 Å². The molecule has 6 nitrogen and oxygen atoms in total. The molecule has 3 aromatic rings. The van der Waals surface area contributed by atoms with Gasteiger partial charge in [0.2, 0.25) is 5.89 Å². The summed E-state index contributed by atoms with van der Waals surface area (Å²) in [6.45, 7) is 0.219. The number of fused-ring (bicyclic) bond motifs is 1. The largest absolute Gasteiger partial charge is 0.484 e. The Morgan fingerprint density at radius 2 is 2.05 bits per heavy atom. The first kappa shape index (κ1) is 13.1. The molecule has 2 aromatic carbocycles. The third-order valence-corrected chi connectivity index (χ3v) is 2.93. The molecule has 0 radical (unpaired) electrons. The minimum atomic E-state index is -0.373. The standard InChI is InChI=1S/C15H13N3O3/c16-18-15(19)10-6-7-13-12(8-10)17-14(21-13)9-20-11-4-2-1-3-5-11/h1-8H,9,16H2,(H,18,19). The number of carbonyl (C=O) groups is 1. The molecule has 1 aromatic heterocycles. The summed E-state index contributed by atoms with van der Waals surface area (Å²) in [6.07, 6.45) is 0. The summed E-state index contributed by atoms with van der Waals surface area (Å²) < 4.78 is 11.1. The van der Waals surface area contributed by atoms with Gasteiger partial charge in [-0.2, -0.15) is 0 Å². The maximum absolute atomic E-state index is 11.5. The number of hydrazine groups is 1. The molecule has 0 aliphatic heterocycles. The van der Waals surface area contributed by atoms with Crippen LogP contribution in [0.5, 0.6) is 5.75 Å². The van der Waals surface area contributed by atoms with E-state index in [1.165, 1.54) is 0 Å². The zero-order chi connectivity index (χ0) is 14.7. The van der Waals surface area contributed by atoms with Gasteiger partial charge in [0.1, 0.15) is 11.3 Å². The van der Waals surface area contributed by atoms with E-state index in [9.17, 15) is 4.79 Å². The predicted octanol–water partition coefficient (Wildman–Crippen LogP) is 2.01. The van der Waals surface area contributed by atoms with Crippen LogP contribution in [0.15, 0.2) is 52.9 Å². The summed E-state index contributed by atoms with van der Waals surface area (Å²) in [5, 5.41) is 0. The van der Waals surface area contributed by atoms with E-state index in [0.717, 1.165) is 5.75 Å². The third kappa shape index (κ3) is 2.85. The van der Waals surface area contributed by atoms with Crippen molar-refractivity contribution in [2.75, 3.05) is 0 Å². The van der Waals surface area contributed by atoms with Crippen LogP contribution in [0, 0.1) is 0 Å². The van der Waals surface area contributed by atoms with Gasteiger partial charge in [-0.25, -0.2) is 10.8 Å². The first-order valence-electron chi connectivity index (χ1n) is 6.34. The number of aromatic nitrogens is 1. The summed E-state index contributed by atoms with van der Waals surface area (Å²) in [5.74, 6) is 5.91. The van der Waals surface area contributed by atoms with Crippen LogP contribution in [0.25, 0.3) is 11.1 Å². The molecule has 0 unspecified atom stereocenters. The molecule has 0 aliphatic rings. The molecule has 106 valence electrons. The molecule has 1 amide bonds. The highest BCUT2D eigenvalue weighted by Gasteiger charge is 2.10. The molecular formula is C15H13N3O3. The molecule has 21 heavy (non-hydrogen) atoms. The van der Waals surface area contributed by atoms with E-state index >= 15 is 0 Å². The van der Waals surface area contributed by atoms with E-state index in [1.807, 2.05) is 30.3 Å². The Kier molecular flexibility index (Phi) is 3.53. The number of nitrogen functional groups attached to an aromatic ring is 1. The highest BCUT2D eigenvalue weighted by Crippen LogP contribution is 2.19. The summed E-state index contributed by atoms with van der Waals surface area (Å²) >= 11 is 0. The molecule has 0 saturated carbocycles. The maximum Gasteiger partial charge on any atom is 0.265 e. The Morgan fingerprint density at radius 3 is 2.81 bits per heavy atom. The average molecular weight is 283 g/mol. The van der Waals surface area contributed by atoms with E-state index < -0.39 is 0 Å². The predicted molar refractivity (Wildman–Crippen MR) is 76.4 cm³/mol. The first-order valence-corrected chi connectivity index (χ1v) is 6.34. The minimum absolute atomic E-state index is 0.219. The second-order valence-corrected chi connectivity index (χ2v) is 4.37. The molecule has 0 saturated heterocycles. The van der Waals surface area contributed by atoms with Gasteiger partial charge < -0.3 is 9.15 Å². The quantitative estimate of drug-likeness (QED) is 0.434. The highest BCUT2D eigenvalue weighted by molar-refractivity contribution is 5.96. The van der Waals surface area contributed by atoms with Crippen LogP contribution in [0.2, 0.25) is 0 Å². The van der Waals surface area contributed by atoms with Gasteiger partial charge in [-0.15, -0.1) is 0 Å². The fourth-order valence-electron chi connectivity index (χ4n) is 1.92. The topological polar surface area (TPSA) is 90.4 Å². The number of rotatable bonds is 4. The van der Waals surface area contributed by atoms with Gasteiger partial charge in [0, 0.05) is 5.56 Å². The van der Waals surface area contributed by atoms with Crippen molar-refractivity contribution in [1.29, 1.82) is 0 Å². The second kappa shape index (κ2) is 5.64. The second-order valence-electron chi connectivity index (χ2n) is 4.37. The number of nitrogens with one attached hydrogen (secondary N) is 1. The fraction of sp³-hybridized carbons (Fsp3) is 0.0667. The molecule has 0 fully saturated rings. The van der Waals surface area contributed by atoms with Crippen LogP contribution >= 0.6 is 0 Å². The Labute approximate surface area is 120 Å². The van der Waals surface area contributed by atoms with Crippen molar-refractivity contribution in [1.82, 2.24) is 10.4 Å². The molecule has 3 N–H and O–H groups in total. The lowest BCUT2D eigenvalue weighted by Crippen LogP contribution is -2.29. The Balaban J connectivity index is 1.79. The molecule has 0 aliphatic carbocycles. The van der Waals surface area contributed by atoms with E-state index in [0.29, 0.717) is 22.6 Å². The Morgan fingerprint density at radius 1 is 1.24 bits per heavy atom. The Hall–Kier alpha value is -2.86. The van der Waals surface area contributed by atoms with E-state index in [2.05, 4.69) is 10.4 Å². The lowest BCUT2D eigenvalue weighted by molar-refractivity contribution is 0.0954. The number of nitrogens with zero attached hydrogens (tertiary/aromatic N) is 1. The number of carbonyl (C=O) groups excluding carboxylic acids is 1. The number of oxazole rings is 1. The highest BCUT2D eigenvalue weighted by atomic mass is 16.5. The zero-order valence-electron chi connectivity index (χ0n) is 11.1. The van der Waals surface area contributed by atoms with Crippen LogP contribution < -0.4 is 16.0 Å². The van der Waals surface area contributed by atoms with Crippen LogP contribution in [-0.2, 0) is 6.61 Å². The summed E-state index contributed by atoms with van der Waals surface area (Å²) in [7, 11) is 0. The van der Waals surface area contributed by atoms with Gasteiger partial charge >= 0.3 is 0 Å². The van der Waals surface area contributed by atoms with Crippen molar-refractivity contribution in [2.45, 2.75) is 6.61 Å². The smallest absolute Gasteiger partial charge is 0.265 e. The Bertz CT molecular complexity index is 768. The van der Waals surface area contributed by atoms with Crippen molar-refractivity contribution in [3.63, 3.8) is 0 Å². The van der Waals surface area contributed by atoms with Crippen molar-refractivity contribution in [3.8, 4) is 5.75 Å². The third-order valence-electron chi connectivity index (χ3n) is 2.93. The van der Waals surface area contributed by atoms with Crippen LogP contribution in [0.4, 0.5) is 0 Å². The van der Waals surface area contributed by atoms with Crippen molar-refractivity contribution in [3.05, 3.63) is 60.0 Å². The molecular weight excluding hydrogens is 270 g/mol. The number of ether oxygens (including phenoxy) is 1. The number of amides is 1. The summed E-state index contributed by atoms with van der Waals surface area (Å²) in [6, 6.07) is 14.3. The van der Waals surface area contributed by atoms with E-state index in [4.69, 9.17) is 15.0 Å². The molecule has 0 bridgehead atoms. The van der Waals surface area contributed by atoms with Gasteiger partial charge in [0.15, 0.2) is 12.2 Å². The van der Waals surface area contributed by atoms with Gasteiger partial charge in [0.05, 0.1) is 0 Å². The minimum Gasteiger partial charge on any atom is -0.484 e. The average Bonchev–Trinajstić information content (AvgIpc) is 2.95. The number of hydrogen-bond donors (Lipinski definition) is 2. The number of nitrogens with two attached hydrogens (primary N) is 1. The van der Waals surface area contributed by atoms with Crippen LogP contribution in [-0.4, -0.2) is 10.9 Å². The van der Waals surface area contributed by atoms with Crippen LogP contribution in [0.3, 0.4) is 0 Å². The number of hydrogen-bond acceptors (Lipinski definition) is 5. The van der Waals surface area contributed by atoms with Crippen molar-refractivity contribution < 1.29 is 13.9 Å². The fourth-order valence-corrected chi connectivity index (χ4v) is 1.92. The van der Waals surface area contributed by atoms with Gasteiger partial charge in [-0.3, -0.25) is 10.2 Å². The SMILES string of the molecule is NNC(=O)c1ccc2oc(COc3ccccc3)nc2c1. The van der Waals surface area contributed by atoms with Crippen LogP contribution in [0.1, 0.15) is 16.2 Å². The maximum atomic E-state index is 11.5. The zero-order valence-corrected chi connectivity index (χ0v) is 11.1. The molecule has 3 rings (SSSR count). The monoisotopic (exact) mass is 283 g/mol. The number of benzene rings is 2. The lowest BCUT2D eigenvalue weighted by atomic mass is 10.2. The summed E-state index contributed by atoms with van der Waals surface area (Å²) in [4.78, 5) is 15.7. The van der Waals surface area contributed by atoms with E-state index in [1.54, 1.807) is 18.2 Å². The summed E-state index contributed by atoms with van der Waals surface area (Å²) in [5.41, 5.74) is 3.68. The van der Waals surface area contributed by atoms with Crippen molar-refractivity contribution >= 4 is 17.0 Å². The van der Waals surface area contributed by atoms with Gasteiger partial charge in [-0.1, -0.05) is 18.2 Å². The molecule has 6 heteroatoms. The van der Waals surface area contributed by atoms with E-state index in [-0.39, 0.29) is 12.5 Å². The lowest BCUT2D eigenvalue weighted by Gasteiger charge is -2.01. The van der Waals surface area contributed by atoms with Gasteiger partial charge in [-0.05, 0) is 30.3 Å². The molecule has 1 heterocycles. The first-order chi connectivity index (χ1) is 10.3. The molecule has 0 spiro atoms.